The van der Waals surface area contributed by atoms with Crippen molar-refractivity contribution >= 4 is 12.0 Å². The molecule has 2 rings (SSSR count). The lowest BCUT2D eigenvalue weighted by molar-refractivity contribution is 0.0446. The van der Waals surface area contributed by atoms with E-state index in [9.17, 15) is 4.79 Å². The minimum absolute atomic E-state index is 0.147. The maximum absolute atomic E-state index is 12.3. The summed E-state index contributed by atoms with van der Waals surface area (Å²) in [6.45, 7) is 9.32. The van der Waals surface area contributed by atoms with Crippen molar-refractivity contribution in [2.24, 2.45) is 0 Å². The summed E-state index contributed by atoms with van der Waals surface area (Å²) in [6.07, 6.45) is 2.83. The summed E-state index contributed by atoms with van der Waals surface area (Å²) in [5.41, 5.74) is 4.52. The highest BCUT2D eigenvalue weighted by atomic mass is 16.6. The molecule has 0 aromatic heterocycles. The first kappa shape index (κ1) is 23.6. The van der Waals surface area contributed by atoms with Crippen LogP contribution in [-0.2, 0) is 27.4 Å². The van der Waals surface area contributed by atoms with E-state index in [1.54, 1.807) is 20.3 Å². The van der Waals surface area contributed by atoms with Gasteiger partial charge in [-0.2, -0.15) is 0 Å². The second-order valence-corrected chi connectivity index (χ2v) is 7.15. The van der Waals surface area contributed by atoms with E-state index in [1.807, 2.05) is 36.4 Å². The fourth-order valence-corrected chi connectivity index (χ4v) is 3.15. The molecule has 5 heteroatoms. The summed E-state index contributed by atoms with van der Waals surface area (Å²) < 4.78 is 21.9. The zero-order valence-corrected chi connectivity index (χ0v) is 18.4. The topological polar surface area (TPSA) is 54.0 Å². The molecule has 5 nitrogen and oxygen atoms in total. The molecule has 30 heavy (non-hydrogen) atoms. The minimum atomic E-state index is -0.356. The predicted octanol–water partition coefficient (Wildman–Crippen LogP) is 5.37. The van der Waals surface area contributed by atoms with Crippen molar-refractivity contribution in [2.75, 3.05) is 27.4 Å². The van der Waals surface area contributed by atoms with Gasteiger partial charge < -0.3 is 18.9 Å². The average molecular weight is 413 g/mol. The van der Waals surface area contributed by atoms with Crippen molar-refractivity contribution in [2.45, 2.75) is 39.4 Å². The summed E-state index contributed by atoms with van der Waals surface area (Å²) in [5, 5.41) is 0. The van der Waals surface area contributed by atoms with Crippen LogP contribution in [0.1, 0.15) is 58.8 Å². The highest BCUT2D eigenvalue weighted by molar-refractivity contribution is 5.89. The monoisotopic (exact) mass is 412 g/mol. The molecule has 0 amide bonds. The Balaban J connectivity index is 1.98. The maximum atomic E-state index is 12.3. The molecule has 2 aromatic carbocycles. The van der Waals surface area contributed by atoms with Gasteiger partial charge in [-0.25, -0.2) is 4.79 Å². The number of carbonyl (C=O) groups excluding carboxylic acids is 1. The molecular weight excluding hydrogens is 380 g/mol. The molecule has 0 fully saturated rings. The Kier molecular flexibility index (Phi) is 9.58. The SMILES string of the molecule is C=Cc1cc(COC)c(OCCOC(=O)c2ccc(C(C)CC)cc2)c(COC)c1. The van der Waals surface area contributed by atoms with Crippen LogP contribution in [0.4, 0.5) is 0 Å². The number of hydrogen-bond donors (Lipinski definition) is 0. The highest BCUT2D eigenvalue weighted by Crippen LogP contribution is 2.28. The van der Waals surface area contributed by atoms with Crippen LogP contribution in [0.3, 0.4) is 0 Å². The number of esters is 1. The van der Waals surface area contributed by atoms with E-state index in [2.05, 4.69) is 20.4 Å². The zero-order chi connectivity index (χ0) is 21.9. The second kappa shape index (κ2) is 12.2. The zero-order valence-electron chi connectivity index (χ0n) is 18.4. The van der Waals surface area contributed by atoms with Gasteiger partial charge in [-0.15, -0.1) is 0 Å². The van der Waals surface area contributed by atoms with Crippen LogP contribution in [0, 0.1) is 0 Å². The van der Waals surface area contributed by atoms with Gasteiger partial charge in [-0.05, 0) is 47.7 Å². The molecule has 0 bridgehead atoms. The minimum Gasteiger partial charge on any atom is -0.489 e. The van der Waals surface area contributed by atoms with Crippen LogP contribution in [0.2, 0.25) is 0 Å². The Morgan fingerprint density at radius 2 is 1.63 bits per heavy atom. The van der Waals surface area contributed by atoms with Gasteiger partial charge in [0.2, 0.25) is 0 Å². The molecule has 0 saturated carbocycles. The van der Waals surface area contributed by atoms with Gasteiger partial charge in [0, 0.05) is 25.3 Å². The Labute approximate surface area is 179 Å². The summed E-state index contributed by atoms with van der Waals surface area (Å²) in [6, 6.07) is 11.5. The van der Waals surface area contributed by atoms with Crippen molar-refractivity contribution in [1.29, 1.82) is 0 Å². The molecule has 0 spiro atoms. The number of ether oxygens (including phenoxy) is 4. The van der Waals surface area contributed by atoms with Crippen LogP contribution in [0.5, 0.6) is 5.75 Å². The van der Waals surface area contributed by atoms with Gasteiger partial charge in [0.1, 0.15) is 19.0 Å². The molecule has 162 valence electrons. The summed E-state index contributed by atoms with van der Waals surface area (Å²) in [4.78, 5) is 12.3. The Morgan fingerprint density at radius 1 is 1.03 bits per heavy atom. The summed E-state index contributed by atoms with van der Waals surface area (Å²) >= 11 is 0. The molecule has 0 N–H and O–H groups in total. The largest absolute Gasteiger partial charge is 0.489 e. The van der Waals surface area contributed by atoms with Gasteiger partial charge in [0.25, 0.3) is 0 Å². The van der Waals surface area contributed by atoms with Crippen LogP contribution < -0.4 is 4.74 Å². The first-order chi connectivity index (χ1) is 14.5. The van der Waals surface area contributed by atoms with Gasteiger partial charge >= 0.3 is 5.97 Å². The molecule has 0 aliphatic rings. The molecule has 1 unspecified atom stereocenters. The van der Waals surface area contributed by atoms with Crippen molar-refractivity contribution in [3.63, 3.8) is 0 Å². The first-order valence-corrected chi connectivity index (χ1v) is 10.2. The number of benzene rings is 2. The van der Waals surface area contributed by atoms with E-state index >= 15 is 0 Å². The number of rotatable bonds is 12. The van der Waals surface area contributed by atoms with Crippen LogP contribution in [0.15, 0.2) is 43.0 Å². The Morgan fingerprint density at radius 3 is 2.13 bits per heavy atom. The van der Waals surface area contributed by atoms with E-state index in [0.29, 0.717) is 30.4 Å². The quantitative estimate of drug-likeness (QED) is 0.346. The highest BCUT2D eigenvalue weighted by Gasteiger charge is 2.13. The lowest BCUT2D eigenvalue weighted by atomic mass is 9.98. The molecule has 0 heterocycles. The summed E-state index contributed by atoms with van der Waals surface area (Å²) in [5.74, 6) is 0.808. The average Bonchev–Trinajstić information content (AvgIpc) is 2.77. The summed E-state index contributed by atoms with van der Waals surface area (Å²) in [7, 11) is 3.27. The van der Waals surface area contributed by atoms with Gasteiger partial charge in [-0.1, -0.05) is 38.6 Å². The maximum Gasteiger partial charge on any atom is 0.338 e. The normalized spacial score (nSPS) is 11.7. The molecule has 1 atom stereocenters. The smallest absolute Gasteiger partial charge is 0.338 e. The Bertz CT molecular complexity index is 799. The van der Waals surface area contributed by atoms with Crippen LogP contribution in [-0.4, -0.2) is 33.4 Å². The standard InChI is InChI=1S/C25H32O5/c1-6-18(3)20-8-10-21(11-9-20)25(26)30-13-12-29-24-22(16-27-4)14-19(7-2)15-23(24)17-28-5/h7-11,14-15,18H,2,6,12-13,16-17H2,1,3-5H3. The van der Waals surface area contributed by atoms with Gasteiger partial charge in [0.05, 0.1) is 18.8 Å². The van der Waals surface area contributed by atoms with Crippen molar-refractivity contribution in [1.82, 2.24) is 0 Å². The fraction of sp³-hybridized carbons (Fsp3) is 0.400. The van der Waals surface area contributed by atoms with Gasteiger partial charge in [0.15, 0.2) is 0 Å². The molecule has 0 aliphatic heterocycles. The first-order valence-electron chi connectivity index (χ1n) is 10.2. The molecule has 2 aromatic rings. The lowest BCUT2D eigenvalue weighted by Gasteiger charge is -2.17. The van der Waals surface area contributed by atoms with E-state index in [4.69, 9.17) is 18.9 Å². The third-order valence-electron chi connectivity index (χ3n) is 4.99. The number of hydrogen-bond acceptors (Lipinski definition) is 5. The van der Waals surface area contributed by atoms with E-state index in [-0.39, 0.29) is 19.2 Å². The van der Waals surface area contributed by atoms with Crippen molar-refractivity contribution < 1.29 is 23.7 Å². The van der Waals surface area contributed by atoms with Gasteiger partial charge in [-0.3, -0.25) is 0 Å². The molecule has 0 aliphatic carbocycles. The lowest BCUT2D eigenvalue weighted by Crippen LogP contribution is -2.14. The molecule has 0 radical (unpaired) electrons. The second-order valence-electron chi connectivity index (χ2n) is 7.15. The van der Waals surface area contributed by atoms with E-state index < -0.39 is 0 Å². The molecule has 0 saturated heterocycles. The third-order valence-corrected chi connectivity index (χ3v) is 4.99. The van der Waals surface area contributed by atoms with E-state index in [1.165, 1.54) is 5.56 Å². The van der Waals surface area contributed by atoms with Crippen LogP contribution in [0.25, 0.3) is 6.08 Å². The van der Waals surface area contributed by atoms with Crippen molar-refractivity contribution in [3.8, 4) is 5.75 Å². The molecular formula is C25H32O5. The Hall–Kier alpha value is -2.63. The van der Waals surface area contributed by atoms with Crippen molar-refractivity contribution in [3.05, 3.63) is 70.8 Å². The van der Waals surface area contributed by atoms with E-state index in [0.717, 1.165) is 23.1 Å². The number of methoxy groups -OCH3 is 2. The third kappa shape index (κ3) is 6.44. The fourth-order valence-electron chi connectivity index (χ4n) is 3.15. The predicted molar refractivity (Wildman–Crippen MR) is 119 cm³/mol. The number of carbonyl (C=O) groups is 1. The van der Waals surface area contributed by atoms with Crippen LogP contribution >= 0.6 is 0 Å².